The molecule has 0 heterocycles. The molecule has 0 saturated heterocycles. The molecule has 24 heavy (non-hydrogen) atoms. The quantitative estimate of drug-likeness (QED) is 0.478. The van der Waals surface area contributed by atoms with Gasteiger partial charge in [-0.05, 0) is 25.0 Å². The summed E-state index contributed by atoms with van der Waals surface area (Å²) in [4.78, 5) is 0. The van der Waals surface area contributed by atoms with E-state index in [1.165, 1.54) is 7.11 Å². The Kier molecular flexibility index (Phi) is 8.82. The van der Waals surface area contributed by atoms with Crippen LogP contribution in [0.1, 0.15) is 37.5 Å². The summed E-state index contributed by atoms with van der Waals surface area (Å²) in [7, 11) is -1.07. The zero-order chi connectivity index (χ0) is 18.2. The summed E-state index contributed by atoms with van der Waals surface area (Å²) < 4.78 is 53.1. The molecule has 1 aromatic carbocycles. The Morgan fingerprint density at radius 1 is 1.08 bits per heavy atom. The van der Waals surface area contributed by atoms with Gasteiger partial charge >= 0.3 is 0 Å². The van der Waals surface area contributed by atoms with Gasteiger partial charge in [0.05, 0.1) is 12.7 Å². The van der Waals surface area contributed by atoms with Crippen LogP contribution >= 0.6 is 0 Å². The first kappa shape index (κ1) is 21.0. The van der Waals surface area contributed by atoms with Crippen LogP contribution in [0.25, 0.3) is 0 Å². The second-order valence-corrected chi connectivity index (χ2v) is 6.77. The Morgan fingerprint density at radius 2 is 1.71 bits per heavy atom. The number of ether oxygens (including phenoxy) is 4. The summed E-state index contributed by atoms with van der Waals surface area (Å²) in [6, 6.07) is 6.92. The lowest BCUT2D eigenvalue weighted by molar-refractivity contribution is -0.161. The summed E-state index contributed by atoms with van der Waals surface area (Å²) in [6.45, 7) is 3.88. The Labute approximate surface area is 143 Å². The summed E-state index contributed by atoms with van der Waals surface area (Å²) in [5.74, 6) is -0.472. The van der Waals surface area contributed by atoms with Crippen molar-refractivity contribution < 1.29 is 31.9 Å². The van der Waals surface area contributed by atoms with E-state index in [0.29, 0.717) is 24.2 Å². The largest absolute Gasteiger partial charge is 0.356 e. The highest BCUT2D eigenvalue weighted by molar-refractivity contribution is 7.85. The van der Waals surface area contributed by atoms with Crippen LogP contribution in [0.3, 0.4) is 0 Å². The molecule has 0 fully saturated rings. The molecule has 8 heteroatoms. The van der Waals surface area contributed by atoms with Crippen LogP contribution < -0.4 is 0 Å². The van der Waals surface area contributed by atoms with E-state index in [0.717, 1.165) is 0 Å². The predicted molar refractivity (Wildman–Crippen MR) is 89.0 cm³/mol. The van der Waals surface area contributed by atoms with Crippen LogP contribution in [-0.4, -0.2) is 46.4 Å². The normalized spacial score (nSPS) is 15.9. The zero-order valence-electron chi connectivity index (χ0n) is 14.5. The number of rotatable bonds is 11. The van der Waals surface area contributed by atoms with Gasteiger partial charge in [0.1, 0.15) is 5.75 Å². The molecule has 0 aromatic heterocycles. The Balaban J connectivity index is 2.96. The van der Waals surface area contributed by atoms with E-state index in [1.54, 1.807) is 45.2 Å². The first-order valence-corrected chi connectivity index (χ1v) is 9.23. The molecule has 0 aliphatic heterocycles. The van der Waals surface area contributed by atoms with E-state index < -0.39 is 28.3 Å². The first-order chi connectivity index (χ1) is 11.3. The van der Waals surface area contributed by atoms with Gasteiger partial charge < -0.3 is 18.9 Å². The van der Waals surface area contributed by atoms with Gasteiger partial charge in [-0.3, -0.25) is 4.55 Å². The third-order valence-electron chi connectivity index (χ3n) is 3.49. The average molecular weight is 362 g/mol. The van der Waals surface area contributed by atoms with Gasteiger partial charge in [0.25, 0.3) is 10.1 Å². The molecule has 138 valence electrons. The van der Waals surface area contributed by atoms with Crippen LogP contribution in [0.2, 0.25) is 0 Å². The highest BCUT2D eigenvalue weighted by Crippen LogP contribution is 2.27. The van der Waals surface area contributed by atoms with Crippen LogP contribution in [0.15, 0.2) is 24.3 Å². The predicted octanol–water partition coefficient (Wildman–Crippen LogP) is 2.52. The van der Waals surface area contributed by atoms with Gasteiger partial charge in [-0.25, -0.2) is 0 Å². The number of methoxy groups -OCH3 is 2. The minimum absolute atomic E-state index is 0.349. The van der Waals surface area contributed by atoms with E-state index in [2.05, 4.69) is 0 Å². The zero-order valence-corrected chi connectivity index (χ0v) is 15.3. The van der Waals surface area contributed by atoms with Gasteiger partial charge in [-0.15, -0.1) is 0 Å². The second kappa shape index (κ2) is 10.1. The van der Waals surface area contributed by atoms with E-state index in [9.17, 15) is 8.42 Å². The van der Waals surface area contributed by atoms with Crippen molar-refractivity contribution in [1.29, 1.82) is 0 Å². The highest BCUT2D eigenvalue weighted by atomic mass is 32.2. The Morgan fingerprint density at radius 3 is 2.29 bits per heavy atom. The van der Waals surface area contributed by atoms with Gasteiger partial charge in [0, 0.05) is 20.6 Å². The molecular weight excluding hydrogens is 336 g/mol. The molecule has 3 unspecified atom stereocenters. The first-order valence-electron chi connectivity index (χ1n) is 7.62. The minimum atomic E-state index is -4.14. The van der Waals surface area contributed by atoms with Crippen molar-refractivity contribution in [2.24, 2.45) is 0 Å². The molecule has 0 radical (unpaired) electrons. The number of hydrogen-bond acceptors (Lipinski definition) is 6. The summed E-state index contributed by atoms with van der Waals surface area (Å²) in [5.41, 5.74) is 1.15. The molecular formula is C16H26O7S. The Bertz CT molecular complexity index is 588. The summed E-state index contributed by atoms with van der Waals surface area (Å²) in [5, 5.41) is 0. The third kappa shape index (κ3) is 7.69. The van der Waals surface area contributed by atoms with Crippen molar-refractivity contribution in [2.75, 3.05) is 20.8 Å². The molecule has 0 amide bonds. The maximum Gasteiger partial charge on any atom is 0.269 e. The van der Waals surface area contributed by atoms with Crippen LogP contribution in [0.5, 0.6) is 0 Å². The maximum atomic E-state index is 11.2. The lowest BCUT2D eigenvalue weighted by Crippen LogP contribution is -2.20. The fourth-order valence-electron chi connectivity index (χ4n) is 2.17. The molecule has 0 spiro atoms. The molecule has 1 rings (SSSR count). The molecule has 1 aromatic rings. The van der Waals surface area contributed by atoms with E-state index in [1.807, 2.05) is 0 Å². The second-order valence-electron chi connectivity index (χ2n) is 5.32. The molecule has 7 nitrogen and oxygen atoms in total. The van der Waals surface area contributed by atoms with Crippen molar-refractivity contribution >= 4 is 10.1 Å². The van der Waals surface area contributed by atoms with Crippen LogP contribution in [-0.2, 0) is 34.8 Å². The third-order valence-corrected chi connectivity index (χ3v) is 4.17. The standard InChI is InChI=1S/C16H26O7S/c1-12(20-3)22-10-9-16(23-13(2)21-4)15-8-6-5-7-14(15)11-24(17,18)19/h5-8,12-13,16H,9-11H2,1-4H3,(H,17,18,19). The van der Waals surface area contributed by atoms with Gasteiger partial charge in [0.2, 0.25) is 0 Å². The van der Waals surface area contributed by atoms with Gasteiger partial charge in [0.15, 0.2) is 12.6 Å². The smallest absolute Gasteiger partial charge is 0.269 e. The summed E-state index contributed by atoms with van der Waals surface area (Å²) in [6.07, 6.45) is -0.793. The van der Waals surface area contributed by atoms with Gasteiger partial charge in [-0.1, -0.05) is 24.3 Å². The minimum Gasteiger partial charge on any atom is -0.356 e. The maximum absolute atomic E-state index is 11.2. The topological polar surface area (TPSA) is 91.3 Å². The fraction of sp³-hybridized carbons (Fsp3) is 0.625. The monoisotopic (exact) mass is 362 g/mol. The van der Waals surface area contributed by atoms with E-state index in [-0.39, 0.29) is 6.29 Å². The molecule has 0 bridgehead atoms. The van der Waals surface area contributed by atoms with Crippen molar-refractivity contribution in [1.82, 2.24) is 0 Å². The highest BCUT2D eigenvalue weighted by Gasteiger charge is 2.21. The summed E-state index contributed by atoms with van der Waals surface area (Å²) >= 11 is 0. The number of hydrogen-bond donors (Lipinski definition) is 1. The fourth-order valence-corrected chi connectivity index (χ4v) is 2.82. The molecule has 0 saturated carbocycles. The Hall–Kier alpha value is -1.03. The average Bonchev–Trinajstić information content (AvgIpc) is 2.52. The SMILES string of the molecule is COC(C)OCCC(OC(C)OC)c1ccccc1CS(=O)(=O)O. The van der Waals surface area contributed by atoms with Crippen molar-refractivity contribution in [3.8, 4) is 0 Å². The van der Waals surface area contributed by atoms with E-state index in [4.69, 9.17) is 23.5 Å². The molecule has 1 N–H and O–H groups in total. The lowest BCUT2D eigenvalue weighted by atomic mass is 10.0. The van der Waals surface area contributed by atoms with Crippen molar-refractivity contribution in [3.63, 3.8) is 0 Å². The van der Waals surface area contributed by atoms with Crippen molar-refractivity contribution in [3.05, 3.63) is 35.4 Å². The van der Waals surface area contributed by atoms with Crippen molar-refractivity contribution in [2.45, 2.75) is 44.7 Å². The lowest BCUT2D eigenvalue weighted by Gasteiger charge is -2.24. The molecule has 3 atom stereocenters. The van der Waals surface area contributed by atoms with E-state index >= 15 is 0 Å². The number of benzene rings is 1. The van der Waals surface area contributed by atoms with Crippen LogP contribution in [0, 0.1) is 0 Å². The van der Waals surface area contributed by atoms with Gasteiger partial charge in [-0.2, -0.15) is 8.42 Å². The molecule has 0 aliphatic carbocycles. The molecule has 0 aliphatic rings. The van der Waals surface area contributed by atoms with Crippen LogP contribution in [0.4, 0.5) is 0 Å².